The number of carbonyl (C=O) groups excluding carboxylic acids is 3. The summed E-state index contributed by atoms with van der Waals surface area (Å²) in [5.74, 6) is 0.363. The summed E-state index contributed by atoms with van der Waals surface area (Å²) in [4.78, 5) is 42.3. The molecule has 3 amide bonds. The van der Waals surface area contributed by atoms with E-state index in [0.29, 0.717) is 53.7 Å². The SMILES string of the molecule is COc1ccc(NC(=O)c2ccccc2NCC(=O)N2CCN(C(=O)c3cccs3)CC2)cc1. The molecule has 3 aromatic rings. The Balaban J connectivity index is 1.31. The van der Waals surface area contributed by atoms with Crippen LogP contribution in [0.4, 0.5) is 11.4 Å². The molecule has 2 heterocycles. The summed E-state index contributed by atoms with van der Waals surface area (Å²) in [5, 5.41) is 7.84. The molecule has 1 aliphatic rings. The molecule has 1 saturated heterocycles. The summed E-state index contributed by atoms with van der Waals surface area (Å²) in [6, 6.07) is 17.8. The normalized spacial score (nSPS) is 13.3. The highest BCUT2D eigenvalue weighted by Crippen LogP contribution is 2.20. The molecule has 34 heavy (non-hydrogen) atoms. The third-order valence-corrected chi connectivity index (χ3v) is 6.46. The van der Waals surface area contributed by atoms with Gasteiger partial charge in [-0.2, -0.15) is 0 Å². The van der Waals surface area contributed by atoms with Crippen LogP contribution >= 0.6 is 11.3 Å². The topological polar surface area (TPSA) is 91.0 Å². The number of ether oxygens (including phenoxy) is 1. The molecule has 1 aliphatic heterocycles. The number of nitrogens with zero attached hydrogens (tertiary/aromatic N) is 2. The number of hydrogen-bond donors (Lipinski definition) is 2. The lowest BCUT2D eigenvalue weighted by molar-refractivity contribution is -0.130. The number of anilines is 2. The van der Waals surface area contributed by atoms with Gasteiger partial charge in [-0.05, 0) is 47.8 Å². The Morgan fingerprint density at radius 1 is 0.912 bits per heavy atom. The summed E-state index contributed by atoms with van der Waals surface area (Å²) >= 11 is 1.42. The van der Waals surface area contributed by atoms with E-state index in [-0.39, 0.29) is 24.3 Å². The average molecular weight is 479 g/mol. The van der Waals surface area contributed by atoms with Crippen LogP contribution in [0.15, 0.2) is 66.0 Å². The maximum atomic E-state index is 12.8. The highest BCUT2D eigenvalue weighted by molar-refractivity contribution is 7.12. The Bertz CT molecular complexity index is 1140. The van der Waals surface area contributed by atoms with Crippen LogP contribution in [0.2, 0.25) is 0 Å². The van der Waals surface area contributed by atoms with Crippen LogP contribution in [0.25, 0.3) is 0 Å². The van der Waals surface area contributed by atoms with Crippen molar-refractivity contribution in [2.45, 2.75) is 0 Å². The Hall–Kier alpha value is -3.85. The number of carbonyl (C=O) groups is 3. The van der Waals surface area contributed by atoms with Crippen LogP contribution in [0.3, 0.4) is 0 Å². The molecule has 0 saturated carbocycles. The Morgan fingerprint density at radius 2 is 1.62 bits per heavy atom. The lowest BCUT2D eigenvalue weighted by Crippen LogP contribution is -2.51. The minimum atomic E-state index is -0.276. The molecule has 1 fully saturated rings. The van der Waals surface area contributed by atoms with Gasteiger partial charge in [0.1, 0.15) is 5.75 Å². The first-order chi connectivity index (χ1) is 16.5. The molecule has 2 aromatic carbocycles. The van der Waals surface area contributed by atoms with Gasteiger partial charge in [0.05, 0.1) is 24.1 Å². The number of para-hydroxylation sites is 1. The molecule has 176 valence electrons. The molecule has 9 heteroatoms. The first kappa shape index (κ1) is 23.3. The van der Waals surface area contributed by atoms with Gasteiger partial charge >= 0.3 is 0 Å². The fraction of sp³-hybridized carbons (Fsp3) is 0.240. The minimum Gasteiger partial charge on any atom is -0.497 e. The molecule has 0 spiro atoms. The predicted octanol–water partition coefficient (Wildman–Crippen LogP) is 3.41. The van der Waals surface area contributed by atoms with Crippen LogP contribution in [-0.4, -0.2) is 67.4 Å². The molecule has 0 radical (unpaired) electrons. The van der Waals surface area contributed by atoms with Gasteiger partial charge in [0.15, 0.2) is 0 Å². The number of methoxy groups -OCH3 is 1. The van der Waals surface area contributed by atoms with E-state index in [2.05, 4.69) is 10.6 Å². The third kappa shape index (κ3) is 5.55. The molecular formula is C25H26N4O4S. The zero-order valence-corrected chi connectivity index (χ0v) is 19.6. The third-order valence-electron chi connectivity index (χ3n) is 5.60. The second-order valence-corrected chi connectivity index (χ2v) is 8.68. The van der Waals surface area contributed by atoms with Crippen LogP contribution < -0.4 is 15.4 Å². The van der Waals surface area contributed by atoms with Gasteiger partial charge < -0.3 is 25.2 Å². The molecule has 4 rings (SSSR count). The van der Waals surface area contributed by atoms with Crippen molar-refractivity contribution in [1.29, 1.82) is 0 Å². The Kier molecular flexibility index (Phi) is 7.44. The van der Waals surface area contributed by atoms with Gasteiger partial charge in [0.25, 0.3) is 11.8 Å². The number of benzene rings is 2. The van der Waals surface area contributed by atoms with Crippen molar-refractivity contribution in [2.75, 3.05) is 50.5 Å². The van der Waals surface area contributed by atoms with Crippen molar-refractivity contribution < 1.29 is 19.1 Å². The van der Waals surface area contributed by atoms with Gasteiger partial charge in [0, 0.05) is 37.6 Å². The zero-order chi connectivity index (χ0) is 23.9. The molecule has 0 bridgehead atoms. The highest BCUT2D eigenvalue weighted by atomic mass is 32.1. The minimum absolute atomic E-state index is 0.0111. The Labute approximate surface area is 202 Å². The first-order valence-electron chi connectivity index (χ1n) is 10.9. The van der Waals surface area contributed by atoms with Gasteiger partial charge in [-0.1, -0.05) is 18.2 Å². The van der Waals surface area contributed by atoms with Crippen molar-refractivity contribution in [2.24, 2.45) is 0 Å². The smallest absolute Gasteiger partial charge is 0.264 e. The maximum Gasteiger partial charge on any atom is 0.264 e. The summed E-state index contributed by atoms with van der Waals surface area (Å²) in [6.45, 7) is 2.03. The monoisotopic (exact) mass is 478 g/mol. The van der Waals surface area contributed by atoms with Gasteiger partial charge in [-0.3, -0.25) is 14.4 Å². The van der Waals surface area contributed by atoms with Crippen molar-refractivity contribution in [1.82, 2.24) is 9.80 Å². The average Bonchev–Trinajstić information content (AvgIpc) is 3.42. The lowest BCUT2D eigenvalue weighted by atomic mass is 10.1. The Morgan fingerprint density at radius 3 is 2.29 bits per heavy atom. The number of rotatable bonds is 7. The fourth-order valence-corrected chi connectivity index (χ4v) is 4.40. The van der Waals surface area contributed by atoms with Crippen molar-refractivity contribution in [3.05, 3.63) is 76.5 Å². The van der Waals surface area contributed by atoms with Crippen LogP contribution in [-0.2, 0) is 4.79 Å². The van der Waals surface area contributed by atoms with E-state index in [0.717, 1.165) is 0 Å². The van der Waals surface area contributed by atoms with Gasteiger partial charge in [-0.15, -0.1) is 11.3 Å². The predicted molar refractivity (Wildman–Crippen MR) is 133 cm³/mol. The van der Waals surface area contributed by atoms with E-state index in [4.69, 9.17) is 4.74 Å². The molecule has 8 nitrogen and oxygen atoms in total. The highest BCUT2D eigenvalue weighted by Gasteiger charge is 2.25. The second kappa shape index (κ2) is 10.8. The number of hydrogen-bond acceptors (Lipinski definition) is 6. The standard InChI is InChI=1S/C25H26N4O4S/c1-33-19-10-8-18(9-11-19)27-24(31)20-5-2-3-6-21(20)26-17-23(30)28-12-14-29(15-13-28)25(32)22-7-4-16-34-22/h2-11,16,26H,12-15,17H2,1H3,(H,27,31). The van der Waals surface area contributed by atoms with Crippen LogP contribution in [0.1, 0.15) is 20.0 Å². The van der Waals surface area contributed by atoms with E-state index in [1.807, 2.05) is 23.6 Å². The number of thiophene rings is 1. The van der Waals surface area contributed by atoms with E-state index >= 15 is 0 Å². The quantitative estimate of drug-likeness (QED) is 0.543. The summed E-state index contributed by atoms with van der Waals surface area (Å²) in [5.41, 5.74) is 1.66. The van der Waals surface area contributed by atoms with E-state index in [9.17, 15) is 14.4 Å². The largest absolute Gasteiger partial charge is 0.497 e. The maximum absolute atomic E-state index is 12.8. The first-order valence-corrected chi connectivity index (χ1v) is 11.8. The van der Waals surface area contributed by atoms with Crippen LogP contribution in [0, 0.1) is 0 Å². The summed E-state index contributed by atoms with van der Waals surface area (Å²) in [6.07, 6.45) is 0. The summed E-state index contributed by atoms with van der Waals surface area (Å²) < 4.78 is 5.14. The molecule has 1 aromatic heterocycles. The molecule has 2 N–H and O–H groups in total. The van der Waals surface area contributed by atoms with Crippen molar-refractivity contribution >= 4 is 40.4 Å². The van der Waals surface area contributed by atoms with Crippen molar-refractivity contribution in [3.8, 4) is 5.75 Å². The number of piperazine rings is 1. The molecule has 0 atom stereocenters. The number of amides is 3. The second-order valence-electron chi connectivity index (χ2n) is 7.73. The fourth-order valence-electron chi connectivity index (χ4n) is 3.71. The van der Waals surface area contributed by atoms with E-state index < -0.39 is 0 Å². The molecule has 0 aliphatic carbocycles. The van der Waals surface area contributed by atoms with E-state index in [1.165, 1.54) is 11.3 Å². The summed E-state index contributed by atoms with van der Waals surface area (Å²) in [7, 11) is 1.58. The van der Waals surface area contributed by atoms with Crippen molar-refractivity contribution in [3.63, 3.8) is 0 Å². The van der Waals surface area contributed by atoms with Gasteiger partial charge in [0.2, 0.25) is 5.91 Å². The lowest BCUT2D eigenvalue weighted by Gasteiger charge is -2.34. The molecule has 0 unspecified atom stereocenters. The number of nitrogens with one attached hydrogen (secondary N) is 2. The molecular weight excluding hydrogens is 452 g/mol. The van der Waals surface area contributed by atoms with Gasteiger partial charge in [-0.25, -0.2) is 0 Å². The van der Waals surface area contributed by atoms with Crippen LogP contribution in [0.5, 0.6) is 5.75 Å². The zero-order valence-electron chi connectivity index (χ0n) is 18.8. The van der Waals surface area contributed by atoms with E-state index in [1.54, 1.807) is 59.4 Å².